The highest BCUT2D eigenvalue weighted by atomic mass is 28.3. The Morgan fingerprint density at radius 1 is 0.800 bits per heavy atom. The van der Waals surface area contributed by atoms with E-state index >= 15 is 0 Å². The molecule has 0 heterocycles. The lowest BCUT2D eigenvalue weighted by Gasteiger charge is -2.02. The van der Waals surface area contributed by atoms with Gasteiger partial charge in [-0.15, -0.1) is 0 Å². The molecule has 0 spiro atoms. The van der Waals surface area contributed by atoms with Gasteiger partial charge in [0, 0.05) is 21.3 Å². The molecule has 1 rings (SSSR count). The van der Waals surface area contributed by atoms with Crippen molar-refractivity contribution < 1.29 is 13.3 Å². The molecule has 0 saturated carbocycles. The minimum Gasteiger partial charge on any atom is -0.375 e. The molecular weight excluding hydrogens is 208 g/mol. The van der Waals surface area contributed by atoms with E-state index in [0.717, 1.165) is 0 Å². The van der Waals surface area contributed by atoms with Gasteiger partial charge in [0.25, 0.3) is 0 Å². The van der Waals surface area contributed by atoms with Crippen molar-refractivity contribution in [3.05, 3.63) is 35.4 Å². The highest BCUT2D eigenvalue weighted by Gasteiger charge is 2.09. The van der Waals surface area contributed by atoms with Crippen LogP contribution in [0.2, 0.25) is 0 Å². The predicted molar refractivity (Wildman–Crippen MR) is 62.7 cm³/mol. The fraction of sp³-hybridized carbons (Fsp3) is 0.455. The van der Waals surface area contributed by atoms with Crippen LogP contribution in [0.4, 0.5) is 0 Å². The molecule has 0 aliphatic rings. The first-order chi connectivity index (χ1) is 7.15. The maximum absolute atomic E-state index is 4.71. The topological polar surface area (TPSA) is 27.7 Å². The van der Waals surface area contributed by atoms with Crippen molar-refractivity contribution in [3.8, 4) is 0 Å². The molecule has 0 amide bonds. The molecule has 1 radical (unpaired) electrons. The zero-order valence-electron chi connectivity index (χ0n) is 10.0. The minimum atomic E-state index is -1.36. The maximum Gasteiger partial charge on any atom is 0.576 e. The Morgan fingerprint density at radius 3 is 1.27 bits per heavy atom. The van der Waals surface area contributed by atoms with Gasteiger partial charge in [-0.25, -0.2) is 0 Å². The van der Waals surface area contributed by atoms with Gasteiger partial charge in [0.2, 0.25) is 0 Å². The van der Waals surface area contributed by atoms with Crippen LogP contribution in [-0.2, 0) is 13.3 Å². The number of aryl methyl sites for hydroxylation is 2. The molecule has 0 bridgehead atoms. The van der Waals surface area contributed by atoms with Crippen molar-refractivity contribution in [1.29, 1.82) is 0 Å². The van der Waals surface area contributed by atoms with Crippen LogP contribution in [-0.4, -0.2) is 30.9 Å². The van der Waals surface area contributed by atoms with Gasteiger partial charge in [-0.2, -0.15) is 0 Å². The Balaban J connectivity index is 0.000000265. The summed E-state index contributed by atoms with van der Waals surface area (Å²) in [5.74, 6) is 0. The third-order valence-electron chi connectivity index (χ3n) is 1.93. The summed E-state index contributed by atoms with van der Waals surface area (Å²) in [5.41, 5.74) is 2.74. The van der Waals surface area contributed by atoms with Crippen molar-refractivity contribution in [3.63, 3.8) is 0 Å². The molecular formula is C11H19O3Si. The van der Waals surface area contributed by atoms with E-state index in [-0.39, 0.29) is 0 Å². The Kier molecular flexibility index (Phi) is 8.22. The van der Waals surface area contributed by atoms with Gasteiger partial charge in [-0.05, 0) is 25.0 Å². The number of hydrogen-bond donors (Lipinski definition) is 0. The van der Waals surface area contributed by atoms with E-state index in [1.165, 1.54) is 11.1 Å². The summed E-state index contributed by atoms with van der Waals surface area (Å²) in [7, 11) is 3.31. The zero-order chi connectivity index (χ0) is 11.7. The summed E-state index contributed by atoms with van der Waals surface area (Å²) in [4.78, 5) is 0. The second-order valence-electron chi connectivity index (χ2n) is 2.95. The number of hydrogen-bond acceptors (Lipinski definition) is 3. The molecule has 0 aliphatic carbocycles. The highest BCUT2D eigenvalue weighted by molar-refractivity contribution is 6.36. The summed E-state index contributed by atoms with van der Waals surface area (Å²) in [6.07, 6.45) is 0. The molecule has 1 aromatic carbocycles. The first-order valence-corrected chi connectivity index (χ1v) is 5.89. The highest BCUT2D eigenvalue weighted by Crippen LogP contribution is 2.02. The lowest BCUT2D eigenvalue weighted by atomic mass is 10.1. The molecule has 0 atom stereocenters. The average Bonchev–Trinajstić information content (AvgIpc) is 2.26. The SMILES string of the molecule is CO[Si](OC)OC.Cc1ccccc1C. The molecule has 0 saturated heterocycles. The Hall–Kier alpha value is -0.683. The van der Waals surface area contributed by atoms with Gasteiger partial charge >= 0.3 is 9.53 Å². The molecule has 1 aromatic rings. The molecule has 3 nitrogen and oxygen atoms in total. The fourth-order valence-corrected chi connectivity index (χ4v) is 1.41. The Bertz CT molecular complexity index is 235. The van der Waals surface area contributed by atoms with E-state index in [1.807, 2.05) is 0 Å². The van der Waals surface area contributed by atoms with Crippen molar-refractivity contribution in [2.45, 2.75) is 13.8 Å². The summed E-state index contributed by atoms with van der Waals surface area (Å²) in [5, 5.41) is 0. The fourth-order valence-electron chi connectivity index (χ4n) is 0.913. The summed E-state index contributed by atoms with van der Waals surface area (Å²) < 4.78 is 14.1. The Labute approximate surface area is 94.0 Å². The minimum absolute atomic E-state index is 1.36. The molecule has 0 fully saturated rings. The monoisotopic (exact) mass is 227 g/mol. The van der Waals surface area contributed by atoms with Gasteiger partial charge in [-0.3, -0.25) is 0 Å². The molecule has 85 valence electrons. The molecule has 15 heavy (non-hydrogen) atoms. The average molecular weight is 227 g/mol. The first kappa shape index (κ1) is 14.3. The van der Waals surface area contributed by atoms with E-state index in [1.54, 1.807) is 21.3 Å². The van der Waals surface area contributed by atoms with Crippen LogP contribution in [0.3, 0.4) is 0 Å². The number of rotatable bonds is 3. The lowest BCUT2D eigenvalue weighted by molar-refractivity contribution is 0.163. The van der Waals surface area contributed by atoms with Gasteiger partial charge in [0.05, 0.1) is 0 Å². The van der Waals surface area contributed by atoms with Crippen molar-refractivity contribution in [1.82, 2.24) is 0 Å². The van der Waals surface area contributed by atoms with Gasteiger partial charge in [0.15, 0.2) is 0 Å². The van der Waals surface area contributed by atoms with E-state index in [9.17, 15) is 0 Å². The quantitative estimate of drug-likeness (QED) is 0.741. The summed E-state index contributed by atoms with van der Waals surface area (Å²) >= 11 is 0. The van der Waals surface area contributed by atoms with E-state index in [2.05, 4.69) is 38.1 Å². The molecule has 0 N–H and O–H groups in total. The van der Waals surface area contributed by atoms with Crippen LogP contribution in [0.1, 0.15) is 11.1 Å². The lowest BCUT2D eigenvalue weighted by Crippen LogP contribution is -2.21. The van der Waals surface area contributed by atoms with Gasteiger partial charge in [-0.1, -0.05) is 24.3 Å². The van der Waals surface area contributed by atoms with Crippen molar-refractivity contribution >= 4 is 9.53 Å². The van der Waals surface area contributed by atoms with Crippen LogP contribution in [0, 0.1) is 13.8 Å². The smallest absolute Gasteiger partial charge is 0.375 e. The van der Waals surface area contributed by atoms with Crippen molar-refractivity contribution in [2.24, 2.45) is 0 Å². The van der Waals surface area contributed by atoms with Crippen LogP contribution >= 0.6 is 0 Å². The molecule has 0 unspecified atom stereocenters. The van der Waals surface area contributed by atoms with Gasteiger partial charge in [0.1, 0.15) is 0 Å². The normalized spacial score (nSPS) is 9.73. The molecule has 4 heteroatoms. The largest absolute Gasteiger partial charge is 0.576 e. The van der Waals surface area contributed by atoms with E-state index in [0.29, 0.717) is 0 Å². The van der Waals surface area contributed by atoms with Gasteiger partial charge < -0.3 is 13.3 Å². The standard InChI is InChI=1S/C8H10.C3H9O3Si/c1-7-5-3-4-6-8(7)2;1-4-7(5-2)6-3/h3-6H,1-2H3;1-3H3. The second-order valence-corrected chi connectivity index (χ2v) is 4.67. The maximum atomic E-state index is 4.71. The second kappa shape index (κ2) is 8.61. The Morgan fingerprint density at radius 2 is 1.13 bits per heavy atom. The van der Waals surface area contributed by atoms with E-state index in [4.69, 9.17) is 13.3 Å². The zero-order valence-corrected chi connectivity index (χ0v) is 11.0. The number of benzene rings is 1. The molecule has 0 aromatic heterocycles. The van der Waals surface area contributed by atoms with Crippen LogP contribution in [0.5, 0.6) is 0 Å². The van der Waals surface area contributed by atoms with E-state index < -0.39 is 9.53 Å². The summed E-state index contributed by atoms with van der Waals surface area (Å²) in [6, 6.07) is 8.36. The van der Waals surface area contributed by atoms with Crippen LogP contribution < -0.4 is 0 Å². The van der Waals surface area contributed by atoms with Crippen molar-refractivity contribution in [2.75, 3.05) is 21.3 Å². The van der Waals surface area contributed by atoms with Crippen LogP contribution in [0.15, 0.2) is 24.3 Å². The third kappa shape index (κ3) is 6.41. The first-order valence-electron chi connectivity index (χ1n) is 4.66. The molecule has 0 aliphatic heterocycles. The summed E-state index contributed by atoms with van der Waals surface area (Å²) in [6.45, 7) is 4.24. The third-order valence-corrected chi connectivity index (χ3v) is 2.93. The van der Waals surface area contributed by atoms with Crippen LogP contribution in [0.25, 0.3) is 0 Å². The predicted octanol–water partition coefficient (Wildman–Crippen LogP) is 2.21.